The van der Waals surface area contributed by atoms with Crippen molar-refractivity contribution in [1.82, 2.24) is 4.23 Å². The first kappa shape index (κ1) is 14.4. The Morgan fingerprint density at radius 3 is 2.14 bits per heavy atom. The van der Waals surface area contributed by atoms with E-state index >= 15 is 0 Å². The van der Waals surface area contributed by atoms with Crippen LogP contribution in [0.3, 0.4) is 0 Å². The molecule has 0 bridgehead atoms. The lowest BCUT2D eigenvalue weighted by Crippen LogP contribution is -2.45. The van der Waals surface area contributed by atoms with Crippen molar-refractivity contribution in [2.45, 2.75) is 45.8 Å². The largest absolute Gasteiger partial charge is 0.368 e. The Kier molecular flexibility index (Phi) is 3.07. The fourth-order valence-corrected chi connectivity index (χ4v) is 5.29. The quantitative estimate of drug-likeness (QED) is 0.488. The highest BCUT2D eigenvalue weighted by Crippen LogP contribution is 2.42. The maximum absolute atomic E-state index is 2.66. The van der Waals surface area contributed by atoms with Crippen LogP contribution in [0.5, 0.6) is 0 Å². The fourth-order valence-electron chi connectivity index (χ4n) is 3.02. The number of nitrogens with zero attached hydrogens (tertiary/aromatic N) is 1. The number of benzene rings is 2. The molecule has 0 aliphatic carbocycles. The van der Waals surface area contributed by atoms with E-state index in [1.54, 1.807) is 0 Å². The summed E-state index contributed by atoms with van der Waals surface area (Å²) < 4.78 is 2.66. The van der Waals surface area contributed by atoms with Crippen molar-refractivity contribution in [1.29, 1.82) is 0 Å². The molecule has 0 N–H and O–H groups in total. The second-order valence-corrected chi connectivity index (χ2v) is 12.7. The van der Waals surface area contributed by atoms with Crippen LogP contribution in [0.25, 0.3) is 21.8 Å². The molecule has 0 aliphatic rings. The van der Waals surface area contributed by atoms with Gasteiger partial charge in [-0.15, -0.1) is 0 Å². The van der Waals surface area contributed by atoms with Crippen molar-refractivity contribution in [2.75, 3.05) is 0 Å². The van der Waals surface area contributed by atoms with Crippen molar-refractivity contribution in [3.8, 4) is 0 Å². The minimum Gasteiger partial charge on any atom is -0.368 e. The Morgan fingerprint density at radius 2 is 1.48 bits per heavy atom. The molecule has 0 radical (unpaired) electrons. The zero-order valence-corrected chi connectivity index (χ0v) is 15.0. The molecule has 3 rings (SSSR count). The van der Waals surface area contributed by atoms with Crippen molar-refractivity contribution < 1.29 is 0 Å². The standard InChI is InChI=1S/C19H25NSi/c1-14-11-12-18-16(13-14)15-9-7-8-10-17(15)20(18)21(5,6)19(2,3)4/h7-13H,1-6H3. The van der Waals surface area contributed by atoms with Gasteiger partial charge in [-0.05, 0) is 30.2 Å². The number of fused-ring (bicyclic) bond motifs is 3. The van der Waals surface area contributed by atoms with Gasteiger partial charge in [0, 0.05) is 21.8 Å². The Labute approximate surface area is 128 Å². The van der Waals surface area contributed by atoms with E-state index in [-0.39, 0.29) is 0 Å². The van der Waals surface area contributed by atoms with Gasteiger partial charge in [-0.2, -0.15) is 0 Å². The average Bonchev–Trinajstić information content (AvgIpc) is 2.72. The zero-order chi connectivity index (χ0) is 15.4. The lowest BCUT2D eigenvalue weighted by Gasteiger charge is -2.39. The first-order valence-electron chi connectivity index (χ1n) is 7.74. The SMILES string of the molecule is Cc1ccc2c(c1)c1ccccc1n2[Si](C)(C)C(C)(C)C. The molecule has 2 aromatic carbocycles. The Balaban J connectivity index is 2.51. The number of para-hydroxylation sites is 1. The molecule has 3 aromatic rings. The zero-order valence-electron chi connectivity index (χ0n) is 14.0. The van der Waals surface area contributed by atoms with Crippen molar-refractivity contribution in [3.05, 3.63) is 48.0 Å². The van der Waals surface area contributed by atoms with Crippen LogP contribution < -0.4 is 0 Å². The van der Waals surface area contributed by atoms with E-state index in [2.05, 4.69) is 87.5 Å². The van der Waals surface area contributed by atoms with E-state index in [0.717, 1.165) is 0 Å². The van der Waals surface area contributed by atoms with E-state index in [4.69, 9.17) is 0 Å². The second-order valence-electron chi connectivity index (χ2n) is 7.68. The average molecular weight is 296 g/mol. The number of aryl methyl sites for hydroxylation is 1. The Morgan fingerprint density at radius 1 is 0.857 bits per heavy atom. The van der Waals surface area contributed by atoms with Crippen LogP contribution in [-0.4, -0.2) is 12.5 Å². The molecule has 0 spiro atoms. The van der Waals surface area contributed by atoms with Gasteiger partial charge in [-0.3, -0.25) is 0 Å². The third kappa shape index (κ3) is 2.04. The topological polar surface area (TPSA) is 4.93 Å². The first-order chi connectivity index (χ1) is 9.73. The molecule has 0 saturated carbocycles. The normalized spacial score (nSPS) is 13.2. The van der Waals surface area contributed by atoms with E-state index in [1.165, 1.54) is 27.4 Å². The summed E-state index contributed by atoms with van der Waals surface area (Å²) in [4.78, 5) is 0. The third-order valence-corrected chi connectivity index (χ3v) is 10.5. The highest BCUT2D eigenvalue weighted by atomic mass is 28.3. The van der Waals surface area contributed by atoms with Gasteiger partial charge in [0.05, 0.1) is 0 Å². The lowest BCUT2D eigenvalue weighted by atomic mass is 10.1. The van der Waals surface area contributed by atoms with Gasteiger partial charge in [-0.25, -0.2) is 0 Å². The molecular formula is C19H25NSi. The molecule has 21 heavy (non-hydrogen) atoms. The highest BCUT2D eigenvalue weighted by molar-refractivity contribution is 6.80. The smallest absolute Gasteiger partial charge is 0.161 e. The summed E-state index contributed by atoms with van der Waals surface area (Å²) in [6.07, 6.45) is 0. The van der Waals surface area contributed by atoms with Gasteiger partial charge in [0.2, 0.25) is 0 Å². The summed E-state index contributed by atoms with van der Waals surface area (Å²) >= 11 is 0. The summed E-state index contributed by atoms with van der Waals surface area (Å²) in [7, 11) is -1.66. The number of hydrogen-bond acceptors (Lipinski definition) is 0. The minimum absolute atomic E-state index is 0.312. The number of hydrogen-bond donors (Lipinski definition) is 0. The van der Waals surface area contributed by atoms with Gasteiger partial charge in [0.15, 0.2) is 8.24 Å². The van der Waals surface area contributed by atoms with Gasteiger partial charge < -0.3 is 4.23 Å². The summed E-state index contributed by atoms with van der Waals surface area (Å²) in [5.41, 5.74) is 4.12. The molecule has 0 unspecified atom stereocenters. The summed E-state index contributed by atoms with van der Waals surface area (Å²) in [6.45, 7) is 14.3. The number of rotatable bonds is 1. The van der Waals surface area contributed by atoms with Crippen molar-refractivity contribution >= 4 is 30.0 Å². The van der Waals surface area contributed by atoms with Gasteiger partial charge >= 0.3 is 0 Å². The highest BCUT2D eigenvalue weighted by Gasteiger charge is 2.39. The fraction of sp³-hybridized carbons (Fsp3) is 0.368. The molecule has 0 atom stereocenters. The van der Waals surface area contributed by atoms with Crippen LogP contribution in [0.4, 0.5) is 0 Å². The molecule has 110 valence electrons. The molecule has 0 fully saturated rings. The van der Waals surface area contributed by atoms with Gasteiger partial charge in [0.25, 0.3) is 0 Å². The lowest BCUT2D eigenvalue weighted by molar-refractivity contribution is 0.706. The summed E-state index contributed by atoms with van der Waals surface area (Å²) in [5.74, 6) is 0. The predicted molar refractivity (Wildman–Crippen MR) is 96.8 cm³/mol. The van der Waals surface area contributed by atoms with Crippen LogP contribution in [-0.2, 0) is 0 Å². The number of aromatic nitrogens is 1. The Hall–Kier alpha value is -1.54. The monoisotopic (exact) mass is 295 g/mol. The molecule has 0 saturated heterocycles. The van der Waals surface area contributed by atoms with E-state index in [1.807, 2.05) is 0 Å². The first-order valence-corrected chi connectivity index (χ1v) is 10.7. The summed E-state index contributed by atoms with van der Waals surface area (Å²) in [6, 6.07) is 15.8. The second kappa shape index (κ2) is 4.47. The summed E-state index contributed by atoms with van der Waals surface area (Å²) in [5, 5.41) is 3.10. The predicted octanol–water partition coefficient (Wildman–Crippen LogP) is 5.96. The van der Waals surface area contributed by atoms with Gasteiger partial charge in [0.1, 0.15) is 0 Å². The van der Waals surface area contributed by atoms with Crippen molar-refractivity contribution in [2.24, 2.45) is 0 Å². The molecule has 1 heterocycles. The van der Waals surface area contributed by atoms with Gasteiger partial charge in [-0.1, -0.05) is 63.7 Å². The van der Waals surface area contributed by atoms with E-state index in [9.17, 15) is 0 Å². The molecule has 0 aliphatic heterocycles. The van der Waals surface area contributed by atoms with E-state index < -0.39 is 8.24 Å². The van der Waals surface area contributed by atoms with Crippen LogP contribution in [0.2, 0.25) is 18.1 Å². The molecule has 1 nitrogen and oxygen atoms in total. The van der Waals surface area contributed by atoms with Crippen LogP contribution in [0, 0.1) is 6.92 Å². The van der Waals surface area contributed by atoms with Crippen LogP contribution >= 0.6 is 0 Å². The maximum Gasteiger partial charge on any atom is 0.161 e. The van der Waals surface area contributed by atoms with Crippen LogP contribution in [0.15, 0.2) is 42.5 Å². The van der Waals surface area contributed by atoms with E-state index in [0.29, 0.717) is 5.04 Å². The minimum atomic E-state index is -1.66. The van der Waals surface area contributed by atoms with Crippen molar-refractivity contribution in [3.63, 3.8) is 0 Å². The molecule has 1 aromatic heterocycles. The molecular weight excluding hydrogens is 270 g/mol. The Bertz CT molecular complexity index is 819. The maximum atomic E-state index is 2.66. The molecule has 2 heteroatoms. The van der Waals surface area contributed by atoms with Crippen LogP contribution in [0.1, 0.15) is 26.3 Å². The third-order valence-electron chi connectivity index (χ3n) is 5.22. The molecule has 0 amide bonds.